The van der Waals surface area contributed by atoms with E-state index in [2.05, 4.69) is 30.3 Å². The van der Waals surface area contributed by atoms with Gasteiger partial charge in [0.15, 0.2) is 0 Å². The van der Waals surface area contributed by atoms with Crippen LogP contribution in [0.25, 0.3) is 0 Å². The molecule has 0 saturated heterocycles. The van der Waals surface area contributed by atoms with Crippen molar-refractivity contribution in [3.05, 3.63) is 35.9 Å². The molecule has 1 heteroatoms. The molecule has 0 aliphatic carbocycles. The highest BCUT2D eigenvalue weighted by Gasteiger charge is 1.91. The number of aryl methyl sites for hydroxylation is 1. The van der Waals surface area contributed by atoms with Crippen LogP contribution in [0.2, 0.25) is 0 Å². The second-order valence-electron chi connectivity index (χ2n) is 3.44. The molecule has 1 nitrogen and oxygen atoms in total. The average Bonchev–Trinajstić information content (AvgIpc) is 2.19. The van der Waals surface area contributed by atoms with Gasteiger partial charge in [-0.05, 0) is 31.4 Å². The van der Waals surface area contributed by atoms with Crippen LogP contribution in [0.15, 0.2) is 30.3 Å². The van der Waals surface area contributed by atoms with Gasteiger partial charge in [0.1, 0.15) is 0 Å². The van der Waals surface area contributed by atoms with Gasteiger partial charge in [-0.25, -0.2) is 0 Å². The predicted octanol–water partition coefficient (Wildman–Crippen LogP) is 2.75. The molecular formula is C12H19N. The molecule has 1 rings (SSSR count). The standard InChI is InChI=1S/C12H19N/c13-11-7-2-1-4-8-12-9-5-3-6-10-12/h3,5-6,9-10H,1-2,4,7-8,11,13H2. The topological polar surface area (TPSA) is 26.0 Å². The Labute approximate surface area is 81.0 Å². The Balaban J connectivity index is 2.07. The van der Waals surface area contributed by atoms with Crippen molar-refractivity contribution < 1.29 is 0 Å². The molecule has 1 aromatic carbocycles. The molecule has 1 aromatic rings. The van der Waals surface area contributed by atoms with Crippen molar-refractivity contribution in [2.45, 2.75) is 32.1 Å². The lowest BCUT2D eigenvalue weighted by molar-refractivity contribution is 0.647. The Morgan fingerprint density at radius 1 is 0.846 bits per heavy atom. The third-order valence-electron chi connectivity index (χ3n) is 2.26. The number of hydrogen-bond acceptors (Lipinski definition) is 1. The van der Waals surface area contributed by atoms with Gasteiger partial charge in [-0.2, -0.15) is 0 Å². The van der Waals surface area contributed by atoms with E-state index in [9.17, 15) is 0 Å². The van der Waals surface area contributed by atoms with E-state index in [0.29, 0.717) is 0 Å². The van der Waals surface area contributed by atoms with Crippen molar-refractivity contribution in [2.24, 2.45) is 5.73 Å². The maximum Gasteiger partial charge on any atom is -0.00773 e. The number of nitrogens with two attached hydrogens (primary N) is 1. The fourth-order valence-electron chi connectivity index (χ4n) is 1.47. The zero-order chi connectivity index (χ0) is 9.36. The molecular weight excluding hydrogens is 158 g/mol. The zero-order valence-electron chi connectivity index (χ0n) is 8.21. The maximum atomic E-state index is 5.42. The molecule has 0 bridgehead atoms. The maximum absolute atomic E-state index is 5.42. The second-order valence-corrected chi connectivity index (χ2v) is 3.44. The van der Waals surface area contributed by atoms with E-state index < -0.39 is 0 Å². The third kappa shape index (κ3) is 4.69. The van der Waals surface area contributed by atoms with Crippen molar-refractivity contribution in [1.82, 2.24) is 0 Å². The van der Waals surface area contributed by atoms with Crippen LogP contribution in [0, 0.1) is 0 Å². The van der Waals surface area contributed by atoms with E-state index >= 15 is 0 Å². The molecule has 0 aliphatic heterocycles. The van der Waals surface area contributed by atoms with E-state index in [1.54, 1.807) is 0 Å². The minimum atomic E-state index is 0.839. The van der Waals surface area contributed by atoms with Gasteiger partial charge in [0.2, 0.25) is 0 Å². The molecule has 0 radical (unpaired) electrons. The van der Waals surface area contributed by atoms with E-state index in [0.717, 1.165) is 6.54 Å². The highest BCUT2D eigenvalue weighted by molar-refractivity contribution is 5.14. The first-order valence-corrected chi connectivity index (χ1v) is 5.17. The van der Waals surface area contributed by atoms with E-state index in [1.807, 2.05) is 0 Å². The molecule has 0 amide bonds. The number of unbranched alkanes of at least 4 members (excludes halogenated alkanes) is 3. The quantitative estimate of drug-likeness (QED) is 0.664. The fourth-order valence-corrected chi connectivity index (χ4v) is 1.47. The predicted molar refractivity (Wildman–Crippen MR) is 57.7 cm³/mol. The normalized spacial score (nSPS) is 10.2. The van der Waals surface area contributed by atoms with Crippen LogP contribution in [0.4, 0.5) is 0 Å². The van der Waals surface area contributed by atoms with Gasteiger partial charge in [0.25, 0.3) is 0 Å². The van der Waals surface area contributed by atoms with E-state index in [4.69, 9.17) is 5.73 Å². The Morgan fingerprint density at radius 2 is 1.54 bits per heavy atom. The molecule has 0 aliphatic rings. The van der Waals surface area contributed by atoms with Crippen LogP contribution in [-0.2, 0) is 6.42 Å². The highest BCUT2D eigenvalue weighted by Crippen LogP contribution is 2.06. The molecule has 72 valence electrons. The monoisotopic (exact) mass is 177 g/mol. The van der Waals surface area contributed by atoms with Gasteiger partial charge < -0.3 is 5.73 Å². The summed E-state index contributed by atoms with van der Waals surface area (Å²) < 4.78 is 0. The first-order valence-electron chi connectivity index (χ1n) is 5.17. The van der Waals surface area contributed by atoms with E-state index in [1.165, 1.54) is 37.7 Å². The largest absolute Gasteiger partial charge is 0.330 e. The van der Waals surface area contributed by atoms with Gasteiger partial charge in [-0.3, -0.25) is 0 Å². The number of rotatable bonds is 6. The SMILES string of the molecule is NCCCCCCc1ccccc1. The summed E-state index contributed by atoms with van der Waals surface area (Å²) in [5, 5.41) is 0. The van der Waals surface area contributed by atoms with Gasteiger partial charge in [-0.15, -0.1) is 0 Å². The fraction of sp³-hybridized carbons (Fsp3) is 0.500. The second kappa shape index (κ2) is 6.67. The van der Waals surface area contributed by atoms with Gasteiger partial charge in [-0.1, -0.05) is 43.2 Å². The molecule has 0 fully saturated rings. The summed E-state index contributed by atoms with van der Waals surface area (Å²) >= 11 is 0. The van der Waals surface area contributed by atoms with Crippen molar-refractivity contribution in [1.29, 1.82) is 0 Å². The lowest BCUT2D eigenvalue weighted by atomic mass is 10.1. The third-order valence-corrected chi connectivity index (χ3v) is 2.26. The minimum Gasteiger partial charge on any atom is -0.330 e. The summed E-state index contributed by atoms with van der Waals surface area (Å²) in [5.41, 5.74) is 6.88. The van der Waals surface area contributed by atoms with Crippen molar-refractivity contribution in [3.63, 3.8) is 0 Å². The number of hydrogen-bond donors (Lipinski definition) is 1. The highest BCUT2D eigenvalue weighted by atomic mass is 14.5. The lowest BCUT2D eigenvalue weighted by Gasteiger charge is -2.00. The van der Waals surface area contributed by atoms with Crippen LogP contribution in [0.3, 0.4) is 0 Å². The summed E-state index contributed by atoms with van der Waals surface area (Å²) in [6, 6.07) is 10.7. The Morgan fingerprint density at radius 3 is 2.23 bits per heavy atom. The van der Waals surface area contributed by atoms with Crippen LogP contribution in [0.5, 0.6) is 0 Å². The molecule has 13 heavy (non-hydrogen) atoms. The van der Waals surface area contributed by atoms with Crippen molar-refractivity contribution in [3.8, 4) is 0 Å². The van der Waals surface area contributed by atoms with Gasteiger partial charge in [0, 0.05) is 0 Å². The number of benzene rings is 1. The summed E-state index contributed by atoms with van der Waals surface area (Å²) in [6.45, 7) is 0.839. The molecule has 0 heterocycles. The van der Waals surface area contributed by atoms with Gasteiger partial charge >= 0.3 is 0 Å². The van der Waals surface area contributed by atoms with Crippen LogP contribution >= 0.6 is 0 Å². The minimum absolute atomic E-state index is 0.839. The van der Waals surface area contributed by atoms with Crippen molar-refractivity contribution in [2.75, 3.05) is 6.54 Å². The lowest BCUT2D eigenvalue weighted by Crippen LogP contribution is -1.97. The Kier molecular flexibility index (Phi) is 5.27. The zero-order valence-corrected chi connectivity index (χ0v) is 8.21. The summed E-state index contributed by atoms with van der Waals surface area (Å²) in [7, 11) is 0. The first-order chi connectivity index (χ1) is 6.43. The first kappa shape index (κ1) is 10.3. The summed E-state index contributed by atoms with van der Waals surface area (Å²) in [6.07, 6.45) is 6.28. The molecule has 0 saturated carbocycles. The molecule has 0 aromatic heterocycles. The Bertz CT molecular complexity index is 206. The van der Waals surface area contributed by atoms with Crippen LogP contribution < -0.4 is 5.73 Å². The average molecular weight is 177 g/mol. The molecule has 0 atom stereocenters. The molecule has 0 unspecified atom stereocenters. The molecule has 0 spiro atoms. The smallest absolute Gasteiger partial charge is 0.00773 e. The summed E-state index contributed by atoms with van der Waals surface area (Å²) in [5.74, 6) is 0. The molecule has 2 N–H and O–H groups in total. The van der Waals surface area contributed by atoms with Crippen LogP contribution in [-0.4, -0.2) is 6.54 Å². The van der Waals surface area contributed by atoms with E-state index in [-0.39, 0.29) is 0 Å². The Hall–Kier alpha value is -0.820. The van der Waals surface area contributed by atoms with Gasteiger partial charge in [0.05, 0.1) is 0 Å². The van der Waals surface area contributed by atoms with Crippen LogP contribution in [0.1, 0.15) is 31.2 Å². The van der Waals surface area contributed by atoms with Crippen molar-refractivity contribution >= 4 is 0 Å². The summed E-state index contributed by atoms with van der Waals surface area (Å²) in [4.78, 5) is 0.